The van der Waals surface area contributed by atoms with Crippen LogP contribution in [0.2, 0.25) is 0 Å². The average Bonchev–Trinajstić information content (AvgIpc) is 2.86. The van der Waals surface area contributed by atoms with Gasteiger partial charge < -0.3 is 10.2 Å². The van der Waals surface area contributed by atoms with Gasteiger partial charge in [0.1, 0.15) is 17.6 Å². The molecule has 0 aromatic carbocycles. The summed E-state index contributed by atoms with van der Waals surface area (Å²) in [6, 6.07) is 3.92. The standard InChI is InChI=1S/C11H14IN3O/c1-3-8(9-5-4-6-16-9)15-11(13)10(12)7(2)14-15/h4-6,8H,3,13H2,1-2H3. The van der Waals surface area contributed by atoms with Crippen LogP contribution in [-0.4, -0.2) is 9.78 Å². The number of nitrogens with two attached hydrogens (primary N) is 1. The normalized spacial score (nSPS) is 12.9. The zero-order valence-electron chi connectivity index (χ0n) is 9.27. The van der Waals surface area contributed by atoms with Crippen LogP contribution >= 0.6 is 22.6 Å². The second-order valence-electron chi connectivity index (χ2n) is 3.67. The van der Waals surface area contributed by atoms with Crippen LogP contribution in [0.15, 0.2) is 22.8 Å². The van der Waals surface area contributed by atoms with Gasteiger partial charge in [-0.1, -0.05) is 6.92 Å². The quantitative estimate of drug-likeness (QED) is 0.880. The van der Waals surface area contributed by atoms with E-state index in [0.717, 1.165) is 21.4 Å². The Kier molecular flexibility index (Phi) is 3.22. The van der Waals surface area contributed by atoms with E-state index in [0.29, 0.717) is 5.82 Å². The van der Waals surface area contributed by atoms with Gasteiger partial charge in [-0.15, -0.1) is 0 Å². The Labute approximate surface area is 108 Å². The minimum absolute atomic E-state index is 0.0808. The van der Waals surface area contributed by atoms with E-state index in [9.17, 15) is 0 Å². The highest BCUT2D eigenvalue weighted by atomic mass is 127. The lowest BCUT2D eigenvalue weighted by Crippen LogP contribution is -2.13. The van der Waals surface area contributed by atoms with Gasteiger partial charge >= 0.3 is 0 Å². The maximum absolute atomic E-state index is 6.04. The number of furan rings is 1. The van der Waals surface area contributed by atoms with Crippen molar-refractivity contribution < 1.29 is 4.42 Å². The van der Waals surface area contributed by atoms with E-state index in [4.69, 9.17) is 10.2 Å². The van der Waals surface area contributed by atoms with Crippen molar-refractivity contribution in [2.24, 2.45) is 0 Å². The fraction of sp³-hybridized carbons (Fsp3) is 0.364. The largest absolute Gasteiger partial charge is 0.467 e. The third-order valence-corrected chi connectivity index (χ3v) is 3.93. The molecule has 0 radical (unpaired) electrons. The minimum Gasteiger partial charge on any atom is -0.467 e. The van der Waals surface area contributed by atoms with Gasteiger partial charge in [-0.05, 0) is 48.1 Å². The predicted octanol–water partition coefficient (Wildman–Crippen LogP) is 2.97. The van der Waals surface area contributed by atoms with Crippen molar-refractivity contribution in [2.75, 3.05) is 5.73 Å². The number of hydrogen-bond donors (Lipinski definition) is 1. The van der Waals surface area contributed by atoms with Crippen LogP contribution in [0.4, 0.5) is 5.82 Å². The molecule has 0 bridgehead atoms. The molecule has 0 saturated heterocycles. The van der Waals surface area contributed by atoms with Crippen molar-refractivity contribution in [2.45, 2.75) is 26.3 Å². The summed E-state index contributed by atoms with van der Waals surface area (Å²) in [7, 11) is 0. The molecule has 0 aliphatic heterocycles. The molecule has 1 atom stereocenters. The first kappa shape index (κ1) is 11.5. The summed E-state index contributed by atoms with van der Waals surface area (Å²) >= 11 is 2.22. The first-order chi connectivity index (χ1) is 7.65. The van der Waals surface area contributed by atoms with Crippen LogP contribution in [0.3, 0.4) is 0 Å². The zero-order chi connectivity index (χ0) is 11.7. The second-order valence-corrected chi connectivity index (χ2v) is 4.75. The lowest BCUT2D eigenvalue weighted by Gasteiger charge is -2.14. The number of aromatic nitrogens is 2. The average molecular weight is 331 g/mol. The lowest BCUT2D eigenvalue weighted by molar-refractivity contribution is 0.400. The molecule has 4 nitrogen and oxygen atoms in total. The molecule has 0 amide bonds. The maximum atomic E-state index is 6.04. The van der Waals surface area contributed by atoms with Crippen LogP contribution in [0.5, 0.6) is 0 Å². The number of hydrogen-bond acceptors (Lipinski definition) is 3. The molecule has 0 spiro atoms. The summed E-state index contributed by atoms with van der Waals surface area (Å²) in [5.74, 6) is 1.61. The highest BCUT2D eigenvalue weighted by Gasteiger charge is 2.20. The molecular formula is C11H14IN3O. The molecule has 2 N–H and O–H groups in total. The predicted molar refractivity (Wildman–Crippen MR) is 71.2 cm³/mol. The van der Waals surface area contributed by atoms with Gasteiger partial charge in [0.25, 0.3) is 0 Å². The fourth-order valence-electron chi connectivity index (χ4n) is 1.76. The topological polar surface area (TPSA) is 57.0 Å². The van der Waals surface area contributed by atoms with Crippen LogP contribution in [0.25, 0.3) is 0 Å². The molecule has 0 saturated carbocycles. The summed E-state index contributed by atoms with van der Waals surface area (Å²) in [4.78, 5) is 0. The van der Waals surface area contributed by atoms with Crippen molar-refractivity contribution in [1.29, 1.82) is 0 Å². The molecule has 2 aromatic rings. The molecule has 0 aliphatic rings. The highest BCUT2D eigenvalue weighted by Crippen LogP contribution is 2.28. The monoisotopic (exact) mass is 331 g/mol. The Morgan fingerprint density at radius 3 is 2.81 bits per heavy atom. The van der Waals surface area contributed by atoms with Gasteiger partial charge in [0.2, 0.25) is 0 Å². The zero-order valence-corrected chi connectivity index (χ0v) is 11.4. The van der Waals surface area contributed by atoms with Gasteiger partial charge in [0.05, 0.1) is 15.5 Å². The van der Waals surface area contributed by atoms with Gasteiger partial charge in [-0.2, -0.15) is 5.10 Å². The lowest BCUT2D eigenvalue weighted by atomic mass is 10.2. The summed E-state index contributed by atoms with van der Waals surface area (Å²) in [5.41, 5.74) is 7.00. The van der Waals surface area contributed by atoms with Crippen molar-refractivity contribution in [3.05, 3.63) is 33.4 Å². The summed E-state index contributed by atoms with van der Waals surface area (Å²) in [6.45, 7) is 4.06. The van der Waals surface area contributed by atoms with Crippen LogP contribution in [0.1, 0.15) is 30.8 Å². The molecule has 0 fully saturated rings. The van der Waals surface area contributed by atoms with Gasteiger partial charge in [0, 0.05) is 0 Å². The molecule has 2 rings (SSSR count). The molecule has 2 aromatic heterocycles. The first-order valence-electron chi connectivity index (χ1n) is 5.18. The van der Waals surface area contributed by atoms with Gasteiger partial charge in [-0.3, -0.25) is 0 Å². The van der Waals surface area contributed by atoms with Crippen molar-refractivity contribution in [1.82, 2.24) is 9.78 Å². The van der Waals surface area contributed by atoms with E-state index in [-0.39, 0.29) is 6.04 Å². The number of anilines is 1. The minimum atomic E-state index is 0.0808. The summed E-state index contributed by atoms with van der Waals surface area (Å²) in [5, 5.41) is 4.46. The number of halogens is 1. The van der Waals surface area contributed by atoms with Crippen molar-refractivity contribution in [3.63, 3.8) is 0 Å². The Morgan fingerprint density at radius 1 is 1.62 bits per heavy atom. The highest BCUT2D eigenvalue weighted by molar-refractivity contribution is 14.1. The number of aryl methyl sites for hydroxylation is 1. The smallest absolute Gasteiger partial charge is 0.136 e. The van der Waals surface area contributed by atoms with E-state index in [2.05, 4.69) is 34.6 Å². The number of nitrogens with zero attached hydrogens (tertiary/aromatic N) is 2. The summed E-state index contributed by atoms with van der Waals surface area (Å²) in [6.07, 6.45) is 2.57. The first-order valence-corrected chi connectivity index (χ1v) is 6.26. The van der Waals surface area contributed by atoms with E-state index in [1.54, 1.807) is 6.26 Å². The van der Waals surface area contributed by atoms with Crippen LogP contribution in [-0.2, 0) is 0 Å². The van der Waals surface area contributed by atoms with E-state index >= 15 is 0 Å². The molecule has 2 heterocycles. The fourth-order valence-corrected chi connectivity index (χ4v) is 2.11. The third-order valence-electron chi connectivity index (χ3n) is 2.60. The van der Waals surface area contributed by atoms with Crippen molar-refractivity contribution >= 4 is 28.4 Å². The number of rotatable bonds is 3. The Hall–Kier alpha value is -0.980. The van der Waals surface area contributed by atoms with Crippen LogP contribution < -0.4 is 5.73 Å². The van der Waals surface area contributed by atoms with Crippen molar-refractivity contribution in [3.8, 4) is 0 Å². The second kappa shape index (κ2) is 4.48. The molecule has 1 unspecified atom stereocenters. The van der Waals surface area contributed by atoms with Gasteiger partial charge in [0.15, 0.2) is 0 Å². The molecular weight excluding hydrogens is 317 g/mol. The van der Waals surface area contributed by atoms with Crippen LogP contribution in [0, 0.1) is 10.5 Å². The third kappa shape index (κ3) is 1.83. The van der Waals surface area contributed by atoms with Gasteiger partial charge in [-0.25, -0.2) is 4.68 Å². The Bertz CT molecular complexity index is 476. The molecule has 5 heteroatoms. The molecule has 0 aliphatic carbocycles. The maximum Gasteiger partial charge on any atom is 0.136 e. The molecule has 16 heavy (non-hydrogen) atoms. The van der Waals surface area contributed by atoms with E-state index in [1.165, 1.54) is 0 Å². The van der Waals surface area contributed by atoms with E-state index < -0.39 is 0 Å². The Morgan fingerprint density at radius 2 is 2.38 bits per heavy atom. The number of nitrogen functional groups attached to an aromatic ring is 1. The summed E-state index contributed by atoms with van der Waals surface area (Å²) < 4.78 is 8.29. The van der Waals surface area contributed by atoms with E-state index in [1.807, 2.05) is 23.7 Å². The Balaban J connectivity index is 2.45. The molecule has 86 valence electrons. The SMILES string of the molecule is CCC(c1ccco1)n1nc(C)c(I)c1N.